The van der Waals surface area contributed by atoms with Gasteiger partial charge in [0.25, 0.3) is 5.91 Å². The predicted octanol–water partition coefficient (Wildman–Crippen LogP) is 3.98. The maximum absolute atomic E-state index is 12.6. The number of rotatable bonds is 5. The lowest BCUT2D eigenvalue weighted by molar-refractivity contribution is 0.102. The van der Waals surface area contributed by atoms with Crippen molar-refractivity contribution in [3.8, 4) is 22.8 Å². The summed E-state index contributed by atoms with van der Waals surface area (Å²) in [6.07, 6.45) is 0. The molecule has 1 aliphatic rings. The van der Waals surface area contributed by atoms with Crippen LogP contribution in [0.15, 0.2) is 47.8 Å². The molecule has 1 aliphatic heterocycles. The highest BCUT2D eigenvalue weighted by atomic mass is 32.1. The lowest BCUT2D eigenvalue weighted by Crippen LogP contribution is -2.15. The summed E-state index contributed by atoms with van der Waals surface area (Å²) < 4.78 is 16.3. The van der Waals surface area contributed by atoms with E-state index < -0.39 is 0 Å². The van der Waals surface area contributed by atoms with Crippen molar-refractivity contribution >= 4 is 22.4 Å². The van der Waals surface area contributed by atoms with E-state index in [-0.39, 0.29) is 5.91 Å². The van der Waals surface area contributed by atoms with E-state index in [4.69, 9.17) is 14.2 Å². The van der Waals surface area contributed by atoms with Crippen molar-refractivity contribution in [3.05, 3.63) is 59.0 Å². The van der Waals surface area contributed by atoms with Crippen LogP contribution in [0, 0.1) is 0 Å². The normalized spacial score (nSPS) is 12.6. The van der Waals surface area contributed by atoms with Crippen LogP contribution in [0.1, 0.15) is 15.9 Å². The monoisotopic (exact) mass is 382 g/mol. The second-order valence-electron chi connectivity index (χ2n) is 5.94. The maximum Gasteiger partial charge on any atom is 0.257 e. The maximum atomic E-state index is 12.6. The van der Waals surface area contributed by atoms with E-state index in [1.54, 1.807) is 13.2 Å². The molecule has 0 radical (unpaired) electrons. The molecule has 2 aromatic carbocycles. The third-order valence-electron chi connectivity index (χ3n) is 4.12. The summed E-state index contributed by atoms with van der Waals surface area (Å²) in [7, 11) is 1.61. The van der Waals surface area contributed by atoms with Crippen LogP contribution < -0.4 is 14.8 Å². The van der Waals surface area contributed by atoms with Gasteiger partial charge in [-0.05, 0) is 29.8 Å². The van der Waals surface area contributed by atoms with Gasteiger partial charge in [-0.3, -0.25) is 10.1 Å². The Hall–Kier alpha value is -2.90. The van der Waals surface area contributed by atoms with Crippen LogP contribution >= 0.6 is 11.3 Å². The minimum atomic E-state index is -0.203. The highest BCUT2D eigenvalue weighted by molar-refractivity contribution is 7.14. The highest BCUT2D eigenvalue weighted by Crippen LogP contribution is 2.35. The number of carbonyl (C=O) groups is 1. The smallest absolute Gasteiger partial charge is 0.257 e. The van der Waals surface area contributed by atoms with Gasteiger partial charge < -0.3 is 14.2 Å². The Balaban J connectivity index is 1.52. The zero-order valence-corrected chi connectivity index (χ0v) is 15.5. The number of hydrogen-bond acceptors (Lipinski definition) is 6. The molecule has 1 amide bonds. The SMILES string of the molecule is COCc1ccccc1C(=O)Nc1nc(-c2ccc3c(c2)OCCO3)cs1. The van der Waals surface area contributed by atoms with E-state index in [2.05, 4.69) is 10.3 Å². The Morgan fingerprint density at radius 2 is 2.00 bits per heavy atom. The molecule has 27 heavy (non-hydrogen) atoms. The lowest BCUT2D eigenvalue weighted by atomic mass is 10.1. The van der Waals surface area contributed by atoms with Crippen molar-refractivity contribution in [1.82, 2.24) is 4.98 Å². The van der Waals surface area contributed by atoms with Crippen LogP contribution in [0.3, 0.4) is 0 Å². The molecule has 138 valence electrons. The molecule has 0 aliphatic carbocycles. The minimum absolute atomic E-state index is 0.203. The van der Waals surface area contributed by atoms with Gasteiger partial charge >= 0.3 is 0 Å². The van der Waals surface area contributed by atoms with Crippen molar-refractivity contribution in [3.63, 3.8) is 0 Å². The molecular formula is C20H18N2O4S. The van der Waals surface area contributed by atoms with Crippen molar-refractivity contribution in [1.29, 1.82) is 0 Å². The van der Waals surface area contributed by atoms with Crippen molar-refractivity contribution in [2.24, 2.45) is 0 Å². The quantitative estimate of drug-likeness (QED) is 0.723. The molecule has 1 N–H and O–H groups in total. The second kappa shape index (κ2) is 7.77. The summed E-state index contributed by atoms with van der Waals surface area (Å²) >= 11 is 1.38. The molecule has 4 rings (SSSR count). The average molecular weight is 382 g/mol. The van der Waals surface area contributed by atoms with Gasteiger partial charge in [-0.15, -0.1) is 11.3 Å². The first-order valence-corrected chi connectivity index (χ1v) is 9.36. The summed E-state index contributed by atoms with van der Waals surface area (Å²) in [5, 5.41) is 5.31. The largest absolute Gasteiger partial charge is 0.486 e. The number of ether oxygens (including phenoxy) is 3. The van der Waals surface area contributed by atoms with E-state index in [9.17, 15) is 4.79 Å². The average Bonchev–Trinajstić information content (AvgIpc) is 3.16. The predicted molar refractivity (Wildman–Crippen MR) is 104 cm³/mol. The van der Waals surface area contributed by atoms with Gasteiger partial charge in [0.1, 0.15) is 13.2 Å². The molecule has 6 nitrogen and oxygen atoms in total. The van der Waals surface area contributed by atoms with Gasteiger partial charge in [0.05, 0.1) is 12.3 Å². The number of amides is 1. The number of benzene rings is 2. The number of nitrogens with zero attached hydrogens (tertiary/aromatic N) is 1. The fraction of sp³-hybridized carbons (Fsp3) is 0.200. The van der Waals surface area contributed by atoms with Crippen molar-refractivity contribution in [2.75, 3.05) is 25.6 Å². The van der Waals surface area contributed by atoms with Crippen molar-refractivity contribution < 1.29 is 19.0 Å². The van der Waals surface area contributed by atoms with Crippen LogP contribution in [0.25, 0.3) is 11.3 Å². The number of anilines is 1. The Morgan fingerprint density at radius 3 is 2.85 bits per heavy atom. The zero-order valence-electron chi connectivity index (χ0n) is 14.7. The molecule has 0 saturated carbocycles. The second-order valence-corrected chi connectivity index (χ2v) is 6.80. The first-order valence-electron chi connectivity index (χ1n) is 8.48. The number of methoxy groups -OCH3 is 1. The third-order valence-corrected chi connectivity index (χ3v) is 4.88. The molecule has 0 unspecified atom stereocenters. The van der Waals surface area contributed by atoms with Crippen LogP contribution in [-0.2, 0) is 11.3 Å². The van der Waals surface area contributed by atoms with E-state index in [0.29, 0.717) is 36.3 Å². The van der Waals surface area contributed by atoms with Crippen LogP contribution in [0.4, 0.5) is 5.13 Å². The lowest BCUT2D eigenvalue weighted by Gasteiger charge is -2.18. The van der Waals surface area contributed by atoms with Crippen LogP contribution in [0.2, 0.25) is 0 Å². The zero-order chi connectivity index (χ0) is 18.6. The standard InChI is InChI=1S/C20H18N2O4S/c1-24-11-14-4-2-3-5-15(14)19(23)22-20-21-16(12-27-20)13-6-7-17-18(10-13)26-9-8-25-17/h2-7,10,12H,8-9,11H2,1H3,(H,21,22,23). The molecule has 2 heterocycles. The molecule has 7 heteroatoms. The Kier molecular flexibility index (Phi) is 5.04. The van der Waals surface area contributed by atoms with Crippen LogP contribution in [-0.4, -0.2) is 31.2 Å². The van der Waals surface area contributed by atoms with Crippen molar-refractivity contribution in [2.45, 2.75) is 6.61 Å². The minimum Gasteiger partial charge on any atom is -0.486 e. The van der Waals surface area contributed by atoms with E-state index in [0.717, 1.165) is 22.6 Å². The number of nitrogens with one attached hydrogen (secondary N) is 1. The van der Waals surface area contributed by atoms with Gasteiger partial charge in [-0.25, -0.2) is 4.98 Å². The van der Waals surface area contributed by atoms with Gasteiger partial charge in [0.15, 0.2) is 16.6 Å². The van der Waals surface area contributed by atoms with Gasteiger partial charge in [0, 0.05) is 23.6 Å². The Bertz CT molecular complexity index is 970. The first kappa shape index (κ1) is 17.5. The number of fused-ring (bicyclic) bond motifs is 1. The molecular weight excluding hydrogens is 364 g/mol. The number of hydrogen-bond donors (Lipinski definition) is 1. The number of aromatic nitrogens is 1. The molecule has 0 saturated heterocycles. The van der Waals surface area contributed by atoms with E-state index >= 15 is 0 Å². The van der Waals surface area contributed by atoms with Crippen LogP contribution in [0.5, 0.6) is 11.5 Å². The fourth-order valence-electron chi connectivity index (χ4n) is 2.85. The highest BCUT2D eigenvalue weighted by Gasteiger charge is 2.16. The molecule has 1 aromatic heterocycles. The fourth-order valence-corrected chi connectivity index (χ4v) is 3.57. The Morgan fingerprint density at radius 1 is 1.19 bits per heavy atom. The van der Waals surface area contributed by atoms with Gasteiger partial charge in [-0.2, -0.15) is 0 Å². The number of carbonyl (C=O) groups excluding carboxylic acids is 1. The topological polar surface area (TPSA) is 69.7 Å². The summed E-state index contributed by atoms with van der Waals surface area (Å²) in [4.78, 5) is 17.1. The molecule has 0 bridgehead atoms. The summed E-state index contributed by atoms with van der Waals surface area (Å²) in [5.41, 5.74) is 3.10. The van der Waals surface area contributed by atoms with E-state index in [1.807, 2.05) is 41.8 Å². The summed E-state index contributed by atoms with van der Waals surface area (Å²) in [6, 6.07) is 13.1. The summed E-state index contributed by atoms with van der Waals surface area (Å²) in [5.74, 6) is 1.25. The summed E-state index contributed by atoms with van der Waals surface area (Å²) in [6.45, 7) is 1.48. The molecule has 0 atom stereocenters. The number of thiazole rings is 1. The first-order chi connectivity index (χ1) is 13.2. The molecule has 3 aromatic rings. The molecule has 0 fully saturated rings. The Labute approximate surface area is 160 Å². The van der Waals surface area contributed by atoms with Gasteiger partial charge in [0.2, 0.25) is 0 Å². The molecule has 0 spiro atoms. The van der Waals surface area contributed by atoms with Gasteiger partial charge in [-0.1, -0.05) is 18.2 Å². The van der Waals surface area contributed by atoms with E-state index in [1.165, 1.54) is 11.3 Å². The third kappa shape index (κ3) is 3.79.